The minimum atomic E-state index is -0.358. The Morgan fingerprint density at radius 2 is 1.84 bits per heavy atom. The number of aromatic nitrogens is 5. The summed E-state index contributed by atoms with van der Waals surface area (Å²) in [5.41, 5.74) is 4.68. The first-order valence-corrected chi connectivity index (χ1v) is 13.2. The van der Waals surface area contributed by atoms with E-state index in [1.165, 1.54) is 11.9 Å². The van der Waals surface area contributed by atoms with Crippen LogP contribution in [0.25, 0.3) is 10.9 Å². The van der Waals surface area contributed by atoms with Gasteiger partial charge in [-0.1, -0.05) is 29.6 Å². The number of hydrogen-bond donors (Lipinski definition) is 2. The first kappa shape index (κ1) is 25.0. The van der Waals surface area contributed by atoms with Gasteiger partial charge < -0.3 is 10.2 Å². The molecule has 0 saturated carbocycles. The van der Waals surface area contributed by atoms with E-state index in [1.54, 1.807) is 42.4 Å². The third-order valence-electron chi connectivity index (χ3n) is 6.26. The van der Waals surface area contributed by atoms with Crippen molar-refractivity contribution in [2.24, 2.45) is 7.05 Å². The fraction of sp³-hybridized carbons (Fsp3) is 0.280. The van der Waals surface area contributed by atoms with E-state index in [0.717, 1.165) is 22.5 Å². The highest BCUT2D eigenvalue weighted by molar-refractivity contribution is 7.97. The number of hydrogen-bond acceptors (Lipinski definition) is 9. The van der Waals surface area contributed by atoms with E-state index in [-0.39, 0.29) is 28.4 Å². The summed E-state index contributed by atoms with van der Waals surface area (Å²) in [6.07, 6.45) is 5.09. The largest absolute Gasteiger partial charge is 0.377 e. The Morgan fingerprint density at radius 1 is 1.14 bits per heavy atom. The molecule has 1 aromatic carbocycles. The lowest BCUT2D eigenvalue weighted by molar-refractivity contribution is 0.0980. The summed E-state index contributed by atoms with van der Waals surface area (Å²) in [7, 11) is 1.73. The van der Waals surface area contributed by atoms with Gasteiger partial charge in [-0.05, 0) is 37.6 Å². The summed E-state index contributed by atoms with van der Waals surface area (Å²) in [4.78, 5) is 46.1. The molecule has 190 valence electrons. The zero-order valence-corrected chi connectivity index (χ0v) is 22.3. The topological polar surface area (TPSA) is 118 Å². The number of halogens is 1. The molecule has 0 aliphatic carbocycles. The second kappa shape index (κ2) is 9.98. The Hall–Kier alpha value is -3.70. The van der Waals surface area contributed by atoms with Crippen molar-refractivity contribution in [1.82, 2.24) is 29.2 Å². The molecule has 4 aromatic rings. The molecular formula is C25H25ClN8O2S. The second-order valence-corrected chi connectivity index (χ2v) is 9.86. The fourth-order valence-electron chi connectivity index (χ4n) is 4.55. The normalized spacial score (nSPS) is 13.5. The molecule has 37 heavy (non-hydrogen) atoms. The standard InChI is InChI=1S/C25H25ClN8O2S/c1-13-9-15(14(2)29-17-5-6-20(26)30-22(17)23(35)32-37-4)21-16(10-13)24(36)33(3)25(31-21)34-11-18-19(12-34)28-8-7-27-18/h5-10,14,29H,11-12H2,1-4H3,(H,32,35). The van der Waals surface area contributed by atoms with E-state index in [0.29, 0.717) is 35.6 Å². The number of rotatable bonds is 6. The van der Waals surface area contributed by atoms with Crippen molar-refractivity contribution in [2.45, 2.75) is 33.0 Å². The highest BCUT2D eigenvalue weighted by Gasteiger charge is 2.26. The fourth-order valence-corrected chi connectivity index (χ4v) is 4.98. The van der Waals surface area contributed by atoms with E-state index in [9.17, 15) is 9.59 Å². The maximum Gasteiger partial charge on any atom is 0.281 e. The smallest absolute Gasteiger partial charge is 0.281 e. The minimum Gasteiger partial charge on any atom is -0.377 e. The number of anilines is 2. The number of pyridine rings is 1. The molecule has 0 bridgehead atoms. The van der Waals surface area contributed by atoms with Crippen LogP contribution in [-0.4, -0.2) is 36.7 Å². The zero-order valence-electron chi connectivity index (χ0n) is 20.7. The zero-order chi connectivity index (χ0) is 26.3. The monoisotopic (exact) mass is 536 g/mol. The molecule has 1 aliphatic rings. The molecule has 4 heterocycles. The Balaban J connectivity index is 1.57. The molecule has 0 fully saturated rings. The van der Waals surface area contributed by atoms with Crippen molar-refractivity contribution < 1.29 is 4.79 Å². The van der Waals surface area contributed by atoms with E-state index >= 15 is 0 Å². The first-order valence-electron chi connectivity index (χ1n) is 11.6. The lowest BCUT2D eigenvalue weighted by Gasteiger charge is -2.23. The van der Waals surface area contributed by atoms with Crippen molar-refractivity contribution in [2.75, 3.05) is 16.5 Å². The Kier molecular flexibility index (Phi) is 6.74. The summed E-state index contributed by atoms with van der Waals surface area (Å²) in [5, 5.41) is 4.12. The van der Waals surface area contributed by atoms with Gasteiger partial charge >= 0.3 is 0 Å². The molecule has 1 aliphatic heterocycles. The molecule has 0 spiro atoms. The van der Waals surface area contributed by atoms with Crippen LogP contribution < -0.4 is 20.5 Å². The highest BCUT2D eigenvalue weighted by Crippen LogP contribution is 2.30. The predicted molar refractivity (Wildman–Crippen MR) is 146 cm³/mol. The number of carbonyl (C=O) groups excluding carboxylic acids is 1. The Labute approximate surface area is 222 Å². The van der Waals surface area contributed by atoms with Crippen LogP contribution in [-0.2, 0) is 20.1 Å². The predicted octanol–water partition coefficient (Wildman–Crippen LogP) is 3.78. The van der Waals surface area contributed by atoms with Gasteiger partial charge in [-0.2, -0.15) is 0 Å². The number of fused-ring (bicyclic) bond motifs is 2. The van der Waals surface area contributed by atoms with Crippen LogP contribution in [0.15, 0.2) is 41.5 Å². The summed E-state index contributed by atoms with van der Waals surface area (Å²) in [6.45, 7) is 4.94. The molecule has 12 heteroatoms. The van der Waals surface area contributed by atoms with Crippen molar-refractivity contribution in [1.29, 1.82) is 0 Å². The van der Waals surface area contributed by atoms with Crippen LogP contribution in [0.3, 0.4) is 0 Å². The Morgan fingerprint density at radius 3 is 2.51 bits per heavy atom. The molecule has 2 N–H and O–H groups in total. The Bertz CT molecular complexity index is 1570. The van der Waals surface area contributed by atoms with Gasteiger partial charge in [-0.15, -0.1) is 0 Å². The van der Waals surface area contributed by atoms with Crippen LogP contribution in [0, 0.1) is 6.92 Å². The minimum absolute atomic E-state index is 0.137. The van der Waals surface area contributed by atoms with Crippen LogP contribution in [0.1, 0.15) is 46.0 Å². The van der Waals surface area contributed by atoms with E-state index in [1.807, 2.05) is 30.9 Å². The average Bonchev–Trinajstić information content (AvgIpc) is 3.31. The second-order valence-electron chi connectivity index (χ2n) is 8.86. The molecule has 3 aromatic heterocycles. The number of amides is 1. The van der Waals surface area contributed by atoms with E-state index in [4.69, 9.17) is 16.6 Å². The van der Waals surface area contributed by atoms with E-state index < -0.39 is 0 Å². The molecule has 1 amide bonds. The van der Waals surface area contributed by atoms with Crippen LogP contribution in [0.5, 0.6) is 0 Å². The quantitative estimate of drug-likeness (QED) is 0.280. The molecule has 10 nitrogen and oxygen atoms in total. The molecule has 1 atom stereocenters. The lowest BCUT2D eigenvalue weighted by Crippen LogP contribution is -2.29. The maximum absolute atomic E-state index is 13.5. The molecule has 0 radical (unpaired) electrons. The third kappa shape index (κ3) is 4.72. The summed E-state index contributed by atoms with van der Waals surface area (Å²) in [5.74, 6) is 0.187. The first-order chi connectivity index (χ1) is 17.8. The van der Waals surface area contributed by atoms with Crippen molar-refractivity contribution >= 4 is 52.0 Å². The van der Waals surface area contributed by atoms with Gasteiger partial charge in [0.05, 0.1) is 47.1 Å². The van der Waals surface area contributed by atoms with Gasteiger partial charge in [-0.3, -0.25) is 28.8 Å². The van der Waals surface area contributed by atoms with Crippen LogP contribution in [0.4, 0.5) is 11.6 Å². The average molecular weight is 537 g/mol. The number of carbonyl (C=O) groups is 1. The van der Waals surface area contributed by atoms with Crippen LogP contribution >= 0.6 is 23.5 Å². The third-order valence-corrected chi connectivity index (χ3v) is 6.86. The van der Waals surface area contributed by atoms with Gasteiger partial charge in [-0.25, -0.2) is 9.97 Å². The number of nitrogens with one attached hydrogen (secondary N) is 2. The number of nitrogens with zero attached hydrogens (tertiary/aromatic N) is 6. The van der Waals surface area contributed by atoms with E-state index in [2.05, 4.69) is 25.0 Å². The summed E-state index contributed by atoms with van der Waals surface area (Å²) in [6, 6.07) is 6.90. The van der Waals surface area contributed by atoms with Gasteiger partial charge in [0, 0.05) is 31.3 Å². The summed E-state index contributed by atoms with van der Waals surface area (Å²) < 4.78 is 4.26. The van der Waals surface area contributed by atoms with Crippen molar-refractivity contribution in [3.8, 4) is 0 Å². The lowest BCUT2D eigenvalue weighted by atomic mass is 10.0. The molecular weight excluding hydrogens is 512 g/mol. The molecule has 0 saturated heterocycles. The SMILES string of the molecule is CSNC(=O)c1nc(Cl)ccc1NC(C)c1cc(C)cc2c(=O)n(C)c(N3Cc4nccnc4C3)nc12. The van der Waals surface area contributed by atoms with Gasteiger partial charge in [0.15, 0.2) is 5.69 Å². The number of aryl methyl sites for hydroxylation is 1. The molecule has 5 rings (SSSR count). The maximum atomic E-state index is 13.5. The van der Waals surface area contributed by atoms with Crippen molar-refractivity contribution in [3.05, 3.63) is 80.4 Å². The van der Waals surface area contributed by atoms with Crippen molar-refractivity contribution in [3.63, 3.8) is 0 Å². The van der Waals surface area contributed by atoms with Gasteiger partial charge in [0.2, 0.25) is 5.95 Å². The van der Waals surface area contributed by atoms with Gasteiger partial charge in [0.1, 0.15) is 5.15 Å². The summed E-state index contributed by atoms with van der Waals surface area (Å²) >= 11 is 7.25. The molecule has 1 unspecified atom stereocenters. The number of benzene rings is 1. The van der Waals surface area contributed by atoms with Crippen LogP contribution in [0.2, 0.25) is 5.15 Å². The highest BCUT2D eigenvalue weighted by atomic mass is 35.5. The van der Waals surface area contributed by atoms with Gasteiger partial charge in [0.25, 0.3) is 11.5 Å².